The largest absolute Gasteiger partial charge is 0.707 e. The summed E-state index contributed by atoms with van der Waals surface area (Å²) in [5.74, 6) is 0.466. The van der Waals surface area contributed by atoms with Crippen LogP contribution in [0.4, 0.5) is 0 Å². The molecule has 7 aromatic rings. The van der Waals surface area contributed by atoms with Gasteiger partial charge in [0.25, 0.3) is 0 Å². The second-order valence-corrected chi connectivity index (χ2v) is 19.0. The summed E-state index contributed by atoms with van der Waals surface area (Å²) in [6.45, 7) is 2.30. The second-order valence-electron chi connectivity index (χ2n) is 14.9. The second kappa shape index (κ2) is 21.0. The van der Waals surface area contributed by atoms with Gasteiger partial charge in [-0.25, -0.2) is 0 Å². The number of hydrogen-bond acceptors (Lipinski definition) is 3. The van der Waals surface area contributed by atoms with E-state index < -0.39 is 14.6 Å². The maximum atomic E-state index is 9.14. The van der Waals surface area contributed by atoms with Crippen LogP contribution in [0.5, 0.6) is 5.75 Å². The first-order chi connectivity index (χ1) is 27.1. The molecule has 0 saturated carbocycles. The molecule has 0 aliphatic heterocycles. The summed E-state index contributed by atoms with van der Waals surface area (Å²) < 4.78 is 5.16. The third-order valence-corrected chi connectivity index (χ3v) is 16.2. The van der Waals surface area contributed by atoms with Crippen molar-refractivity contribution in [3.63, 3.8) is 0 Å². The summed E-state index contributed by atoms with van der Waals surface area (Å²) in [6, 6.07) is 56.2. The van der Waals surface area contributed by atoms with Crippen molar-refractivity contribution in [2.24, 2.45) is 0 Å². The molecule has 5 heteroatoms. The van der Waals surface area contributed by atoms with Gasteiger partial charge in [0.15, 0.2) is 0 Å². The van der Waals surface area contributed by atoms with E-state index in [1.165, 1.54) is 88.6 Å². The normalized spacial score (nSPS) is 11.7. The van der Waals surface area contributed by atoms with Crippen LogP contribution in [0.15, 0.2) is 158 Å². The van der Waals surface area contributed by atoms with Crippen molar-refractivity contribution >= 4 is 62.8 Å². The Kier molecular flexibility index (Phi) is 15.4. The van der Waals surface area contributed by atoms with Crippen molar-refractivity contribution in [3.8, 4) is 5.75 Å². The zero-order valence-electron chi connectivity index (χ0n) is 32.6. The molecule has 2 N–H and O–H groups in total. The molecule has 0 spiro atoms. The number of hydrogen-bond donors (Lipinski definition) is 2. The van der Waals surface area contributed by atoms with E-state index in [0.29, 0.717) is 5.75 Å². The fraction of sp³-hybridized carbons (Fsp3) is 0.280. The molecule has 7 aromatic carbocycles. The molecule has 0 unspecified atom stereocenters. The van der Waals surface area contributed by atoms with Gasteiger partial charge in [0, 0.05) is 5.39 Å². The Morgan fingerprint density at radius 3 is 1.38 bits per heavy atom. The van der Waals surface area contributed by atoms with Gasteiger partial charge >= 0.3 is 198 Å². The summed E-state index contributed by atoms with van der Waals surface area (Å²) in [7, 11) is -3.85. The van der Waals surface area contributed by atoms with Gasteiger partial charge in [-0.15, -0.1) is 0 Å². The Labute approximate surface area is 329 Å². The summed E-state index contributed by atoms with van der Waals surface area (Å²) in [4.78, 5) is 0. The van der Waals surface area contributed by atoms with E-state index in [4.69, 9.17) is 14.7 Å². The van der Waals surface area contributed by atoms with Crippen LogP contribution in [0.3, 0.4) is 0 Å². The van der Waals surface area contributed by atoms with Gasteiger partial charge in [0.05, 0.1) is 0 Å². The zero-order valence-corrected chi connectivity index (χ0v) is 33.6. The summed E-state index contributed by atoms with van der Waals surface area (Å²) in [5.41, 5.74) is 0. The predicted molar refractivity (Wildman–Crippen MR) is 242 cm³/mol. The maximum Gasteiger partial charge on any atom is 0.707 e. The quantitative estimate of drug-likeness (QED) is 0.0302. The standard InChI is InChI=1S/C32H45P.C18H13BO3/c1-2-3-4-5-6-7-8-9-10-11-12-22-29-33(30-23-16-13-17-24-30,31-25-18-14-19-26-31)32-27-20-15-21-28-32;20-19(21)22-17-7-3-6-12-8-9-15-10-13-4-1-2-5-14(13)11-16(15)18(12)17/h13-21,23-28,33H,2-12,22,29H2,1H3;1-11,20-21H. The van der Waals surface area contributed by atoms with Gasteiger partial charge in [0.2, 0.25) is 0 Å². The Bertz CT molecular complexity index is 2080. The summed E-state index contributed by atoms with van der Waals surface area (Å²) in [6.07, 6.45) is 18.2. The van der Waals surface area contributed by atoms with E-state index in [-0.39, 0.29) is 0 Å². The van der Waals surface area contributed by atoms with E-state index in [0.717, 1.165) is 26.9 Å². The van der Waals surface area contributed by atoms with Gasteiger partial charge in [-0.2, -0.15) is 0 Å². The van der Waals surface area contributed by atoms with Crippen LogP contribution in [0.25, 0.3) is 32.3 Å². The van der Waals surface area contributed by atoms with Crippen LogP contribution in [0.1, 0.15) is 84.0 Å². The van der Waals surface area contributed by atoms with Gasteiger partial charge < -0.3 is 14.7 Å². The Morgan fingerprint density at radius 1 is 0.436 bits per heavy atom. The maximum absolute atomic E-state index is 9.14. The van der Waals surface area contributed by atoms with E-state index in [2.05, 4.69) is 128 Å². The smallest absolute Gasteiger partial charge is 0.511 e. The van der Waals surface area contributed by atoms with Gasteiger partial charge in [-0.3, -0.25) is 0 Å². The number of unbranched alkanes of at least 4 members (excludes halogenated alkanes) is 11. The molecular weight excluding hydrogens is 690 g/mol. The van der Waals surface area contributed by atoms with Gasteiger partial charge in [-0.1, -0.05) is 61.9 Å². The van der Waals surface area contributed by atoms with Crippen LogP contribution in [-0.2, 0) is 0 Å². The molecule has 0 atom stereocenters. The molecule has 0 amide bonds. The third-order valence-electron chi connectivity index (χ3n) is 11.1. The molecule has 55 heavy (non-hydrogen) atoms. The molecule has 3 nitrogen and oxygen atoms in total. The Hall–Kier alpha value is -4.47. The first-order valence-corrected chi connectivity index (χ1v) is 22.8. The monoisotopic (exact) mass is 748 g/mol. The fourth-order valence-corrected chi connectivity index (χ4v) is 13.2. The fourth-order valence-electron chi connectivity index (χ4n) is 8.31. The summed E-state index contributed by atoms with van der Waals surface area (Å²) in [5, 5.41) is 29.3. The minimum Gasteiger partial charge on any atom is -0.511 e. The van der Waals surface area contributed by atoms with Crippen LogP contribution in [0, 0.1) is 0 Å². The minimum atomic E-state index is -2.02. The van der Waals surface area contributed by atoms with E-state index in [9.17, 15) is 0 Å². The van der Waals surface area contributed by atoms with Gasteiger partial charge in [0.1, 0.15) is 5.75 Å². The molecule has 0 aliphatic rings. The minimum absolute atomic E-state index is 0.466. The van der Waals surface area contributed by atoms with E-state index >= 15 is 0 Å². The first-order valence-electron chi connectivity index (χ1n) is 20.6. The van der Waals surface area contributed by atoms with Crippen LogP contribution in [0.2, 0.25) is 0 Å². The van der Waals surface area contributed by atoms with Crippen molar-refractivity contribution in [3.05, 3.63) is 158 Å². The molecule has 0 saturated heterocycles. The molecule has 0 aromatic heterocycles. The van der Waals surface area contributed by atoms with Gasteiger partial charge in [-0.05, 0) is 45.1 Å². The zero-order chi connectivity index (χ0) is 38.1. The number of benzene rings is 7. The van der Waals surface area contributed by atoms with Crippen molar-refractivity contribution in [2.45, 2.75) is 84.0 Å². The Morgan fingerprint density at radius 2 is 0.873 bits per heavy atom. The van der Waals surface area contributed by atoms with Crippen molar-refractivity contribution in [1.29, 1.82) is 0 Å². The van der Waals surface area contributed by atoms with E-state index in [1.54, 1.807) is 22.0 Å². The van der Waals surface area contributed by atoms with Crippen LogP contribution in [-0.4, -0.2) is 23.5 Å². The number of fused-ring (bicyclic) bond motifs is 4. The van der Waals surface area contributed by atoms with Crippen LogP contribution >= 0.6 is 7.26 Å². The first kappa shape index (κ1) is 40.2. The molecular formula is C50H58BO3P. The third kappa shape index (κ3) is 10.6. The molecule has 284 valence electrons. The van der Waals surface area contributed by atoms with Crippen molar-refractivity contribution in [2.75, 3.05) is 6.16 Å². The van der Waals surface area contributed by atoms with Crippen molar-refractivity contribution < 1.29 is 14.7 Å². The van der Waals surface area contributed by atoms with E-state index in [1.807, 2.05) is 30.3 Å². The Balaban J connectivity index is 0.000000201. The molecule has 0 aliphatic carbocycles. The molecule has 0 fully saturated rings. The molecule has 7 rings (SSSR count). The SMILES string of the molecule is CCCCCCCCCCCCCC[PH](c1ccccc1)(c1ccccc1)c1ccccc1.OB(O)Oc1cccc2ccc3cc4ccccc4cc3c12. The van der Waals surface area contributed by atoms with Crippen LogP contribution < -0.4 is 20.6 Å². The predicted octanol–water partition coefficient (Wildman–Crippen LogP) is 11.9. The average molecular weight is 749 g/mol. The summed E-state index contributed by atoms with van der Waals surface area (Å²) >= 11 is 0. The topological polar surface area (TPSA) is 49.7 Å². The molecule has 0 bridgehead atoms. The average Bonchev–Trinajstić information content (AvgIpc) is 3.23. The number of rotatable bonds is 18. The molecule has 0 radical (unpaired) electrons. The van der Waals surface area contributed by atoms with Crippen molar-refractivity contribution in [1.82, 2.24) is 0 Å². The molecule has 0 heterocycles.